The monoisotopic (exact) mass is 375 g/mol. The van der Waals surface area contributed by atoms with Gasteiger partial charge in [0.1, 0.15) is 28.6 Å². The highest BCUT2D eigenvalue weighted by Gasteiger charge is 2.37. The standard InChI is InChI=1S/C21H21N5O2/c22-20(27)18-19(25-26-17-12-23-10-14(17)11-24-21(18)26)13-6-8-16(9-7-13)28-15-4-2-1-3-5-15/h1-9,14,17,23-24H,10-12H2,(H2,22,27). The molecule has 1 aromatic heterocycles. The first kappa shape index (κ1) is 16.8. The first-order valence-corrected chi connectivity index (χ1v) is 9.41. The summed E-state index contributed by atoms with van der Waals surface area (Å²) in [6, 6.07) is 17.4. The van der Waals surface area contributed by atoms with Crippen molar-refractivity contribution in [3.8, 4) is 22.8 Å². The topological polar surface area (TPSA) is 94.2 Å². The second-order valence-electron chi connectivity index (χ2n) is 7.19. The summed E-state index contributed by atoms with van der Waals surface area (Å²) in [7, 11) is 0. The van der Waals surface area contributed by atoms with Gasteiger partial charge in [0.15, 0.2) is 0 Å². The van der Waals surface area contributed by atoms with Crippen molar-refractivity contribution in [3.63, 3.8) is 0 Å². The number of nitrogens with zero attached hydrogens (tertiary/aromatic N) is 2. The first-order valence-electron chi connectivity index (χ1n) is 9.41. The van der Waals surface area contributed by atoms with Gasteiger partial charge in [-0.25, -0.2) is 4.68 Å². The maximum absolute atomic E-state index is 12.2. The second kappa shape index (κ2) is 6.69. The Balaban J connectivity index is 1.50. The highest BCUT2D eigenvalue weighted by molar-refractivity contribution is 6.03. The van der Waals surface area contributed by atoms with Crippen LogP contribution in [0.2, 0.25) is 0 Å². The number of aromatic nitrogens is 2. The van der Waals surface area contributed by atoms with Gasteiger partial charge in [-0.1, -0.05) is 18.2 Å². The summed E-state index contributed by atoms with van der Waals surface area (Å²) in [5.41, 5.74) is 7.60. The molecule has 0 saturated carbocycles. The number of hydrogen-bond donors (Lipinski definition) is 3. The fraction of sp³-hybridized carbons (Fsp3) is 0.238. The summed E-state index contributed by atoms with van der Waals surface area (Å²) in [6.07, 6.45) is 0. The molecule has 0 radical (unpaired) electrons. The van der Waals surface area contributed by atoms with Crippen LogP contribution in [-0.4, -0.2) is 35.3 Å². The second-order valence-corrected chi connectivity index (χ2v) is 7.19. The maximum Gasteiger partial charge on any atom is 0.254 e. The van der Waals surface area contributed by atoms with Crippen molar-refractivity contribution >= 4 is 11.7 Å². The van der Waals surface area contributed by atoms with E-state index < -0.39 is 5.91 Å². The van der Waals surface area contributed by atoms with Crippen LogP contribution in [0.1, 0.15) is 16.4 Å². The summed E-state index contributed by atoms with van der Waals surface area (Å²) in [6.45, 7) is 2.61. The van der Waals surface area contributed by atoms with Crippen molar-refractivity contribution < 1.29 is 9.53 Å². The molecule has 0 spiro atoms. The Morgan fingerprint density at radius 1 is 1.04 bits per heavy atom. The van der Waals surface area contributed by atoms with Gasteiger partial charge in [-0.05, 0) is 36.4 Å². The number of carbonyl (C=O) groups excluding carboxylic acids is 1. The average Bonchev–Trinajstić information content (AvgIpc) is 3.33. The van der Waals surface area contributed by atoms with Gasteiger partial charge in [0.2, 0.25) is 0 Å². The summed E-state index contributed by atoms with van der Waals surface area (Å²) < 4.78 is 7.78. The number of nitrogens with one attached hydrogen (secondary N) is 2. The molecule has 2 aliphatic heterocycles. The van der Waals surface area contributed by atoms with E-state index in [1.807, 2.05) is 59.3 Å². The minimum absolute atomic E-state index is 0.240. The van der Waals surface area contributed by atoms with Gasteiger partial charge in [-0.15, -0.1) is 0 Å². The summed E-state index contributed by atoms with van der Waals surface area (Å²) in [5.74, 6) is 2.20. The lowest BCUT2D eigenvalue weighted by atomic mass is 10.0. The van der Waals surface area contributed by atoms with E-state index in [0.717, 1.165) is 42.5 Å². The number of rotatable bonds is 4. The molecule has 2 atom stereocenters. The number of amides is 1. The Morgan fingerprint density at radius 3 is 2.54 bits per heavy atom. The fourth-order valence-electron chi connectivity index (χ4n) is 4.03. The highest BCUT2D eigenvalue weighted by atomic mass is 16.5. The van der Waals surface area contributed by atoms with Crippen LogP contribution in [0.25, 0.3) is 11.3 Å². The molecule has 5 rings (SSSR count). The van der Waals surface area contributed by atoms with Crippen molar-refractivity contribution in [2.45, 2.75) is 6.04 Å². The number of nitrogens with two attached hydrogens (primary N) is 1. The molecular weight excluding hydrogens is 354 g/mol. The lowest BCUT2D eigenvalue weighted by Crippen LogP contribution is -2.32. The normalized spacial score (nSPS) is 20.1. The molecule has 7 nitrogen and oxygen atoms in total. The zero-order valence-corrected chi connectivity index (χ0v) is 15.3. The third-order valence-electron chi connectivity index (χ3n) is 5.41. The largest absolute Gasteiger partial charge is 0.457 e. The molecule has 0 aliphatic carbocycles. The van der Waals surface area contributed by atoms with Gasteiger partial charge < -0.3 is 21.1 Å². The van der Waals surface area contributed by atoms with E-state index in [4.69, 9.17) is 15.6 Å². The number of carbonyl (C=O) groups is 1. The van der Waals surface area contributed by atoms with Crippen LogP contribution in [0.5, 0.6) is 11.5 Å². The first-order chi connectivity index (χ1) is 13.7. The van der Waals surface area contributed by atoms with Crippen LogP contribution in [0.4, 0.5) is 5.82 Å². The third-order valence-corrected chi connectivity index (χ3v) is 5.41. The molecule has 4 N–H and O–H groups in total. The lowest BCUT2D eigenvalue weighted by Gasteiger charge is -2.27. The minimum Gasteiger partial charge on any atom is -0.457 e. The van der Waals surface area contributed by atoms with Crippen molar-refractivity contribution in [1.82, 2.24) is 15.1 Å². The van der Waals surface area contributed by atoms with Gasteiger partial charge in [-0.2, -0.15) is 5.10 Å². The molecule has 7 heteroatoms. The van der Waals surface area contributed by atoms with Crippen molar-refractivity contribution in [3.05, 3.63) is 60.2 Å². The van der Waals surface area contributed by atoms with Crippen LogP contribution < -0.4 is 21.1 Å². The van der Waals surface area contributed by atoms with Gasteiger partial charge in [0.25, 0.3) is 5.91 Å². The number of primary amides is 1. The molecular formula is C21H21N5O2. The van der Waals surface area contributed by atoms with Gasteiger partial charge >= 0.3 is 0 Å². The molecule has 1 fully saturated rings. The van der Waals surface area contributed by atoms with Gasteiger partial charge in [0.05, 0.1) is 6.04 Å². The van der Waals surface area contributed by atoms with E-state index in [1.165, 1.54) is 0 Å². The molecule has 0 bridgehead atoms. The lowest BCUT2D eigenvalue weighted by molar-refractivity contribution is 0.100. The van der Waals surface area contributed by atoms with Crippen LogP contribution in [-0.2, 0) is 0 Å². The Morgan fingerprint density at radius 2 is 1.79 bits per heavy atom. The van der Waals surface area contributed by atoms with E-state index in [2.05, 4.69) is 10.6 Å². The molecule has 2 unspecified atom stereocenters. The Bertz CT molecular complexity index is 1010. The average molecular weight is 375 g/mol. The van der Waals surface area contributed by atoms with E-state index in [0.29, 0.717) is 17.2 Å². The molecule has 2 aromatic carbocycles. The summed E-state index contributed by atoms with van der Waals surface area (Å²) >= 11 is 0. The quantitative estimate of drug-likeness (QED) is 0.652. The Hall–Kier alpha value is -3.32. The number of ether oxygens (including phenoxy) is 1. The molecule has 2 aliphatic rings. The van der Waals surface area contributed by atoms with Crippen molar-refractivity contribution in [2.75, 3.05) is 25.0 Å². The number of benzene rings is 2. The van der Waals surface area contributed by atoms with Crippen LogP contribution in [0.3, 0.4) is 0 Å². The Kier molecular flexibility index (Phi) is 4.02. The molecule has 1 saturated heterocycles. The predicted octanol–water partition coefficient (Wildman–Crippen LogP) is 2.63. The van der Waals surface area contributed by atoms with Crippen molar-refractivity contribution in [2.24, 2.45) is 11.7 Å². The van der Waals surface area contributed by atoms with Crippen molar-refractivity contribution in [1.29, 1.82) is 0 Å². The molecule has 28 heavy (non-hydrogen) atoms. The summed E-state index contributed by atoms with van der Waals surface area (Å²) in [5, 5.41) is 11.5. The van der Waals surface area contributed by atoms with Gasteiger partial charge in [-0.3, -0.25) is 4.79 Å². The molecule has 142 valence electrons. The number of anilines is 1. The zero-order chi connectivity index (χ0) is 19.1. The number of hydrogen-bond acceptors (Lipinski definition) is 5. The van der Waals surface area contributed by atoms with Crippen LogP contribution >= 0.6 is 0 Å². The molecule has 3 heterocycles. The van der Waals surface area contributed by atoms with E-state index in [1.54, 1.807) is 0 Å². The van der Waals surface area contributed by atoms with Crippen LogP contribution in [0.15, 0.2) is 54.6 Å². The van der Waals surface area contributed by atoms with Gasteiger partial charge in [0, 0.05) is 31.1 Å². The van der Waals surface area contributed by atoms with E-state index in [9.17, 15) is 4.79 Å². The highest BCUT2D eigenvalue weighted by Crippen LogP contribution is 2.37. The fourth-order valence-corrected chi connectivity index (χ4v) is 4.03. The maximum atomic E-state index is 12.2. The predicted molar refractivity (Wildman–Crippen MR) is 107 cm³/mol. The Labute approximate surface area is 162 Å². The van der Waals surface area contributed by atoms with E-state index >= 15 is 0 Å². The SMILES string of the molecule is NC(=O)c1c(-c2ccc(Oc3ccccc3)cc2)nn2c1NCC1CNCC12. The number of para-hydroxylation sites is 1. The van der Waals surface area contributed by atoms with E-state index in [-0.39, 0.29) is 6.04 Å². The molecule has 1 amide bonds. The zero-order valence-electron chi connectivity index (χ0n) is 15.3. The number of fused-ring (bicyclic) bond motifs is 3. The molecule has 3 aromatic rings. The smallest absolute Gasteiger partial charge is 0.254 e. The van der Waals surface area contributed by atoms with Crippen LogP contribution in [0, 0.1) is 5.92 Å². The third kappa shape index (κ3) is 2.80. The minimum atomic E-state index is -0.474. The summed E-state index contributed by atoms with van der Waals surface area (Å²) in [4.78, 5) is 12.2.